The molecule has 7 heteroatoms. The van der Waals surface area contributed by atoms with Gasteiger partial charge in [-0.25, -0.2) is 8.78 Å². The average Bonchev–Trinajstić information content (AvgIpc) is 2.48. The number of hydrogen-bond donors (Lipinski definition) is 0. The Hall–Kier alpha value is -1.05. The molecule has 0 spiro atoms. The number of hydrogen-bond acceptors (Lipinski definition) is 4. The number of ether oxygens (including phenoxy) is 2. The van der Waals surface area contributed by atoms with Gasteiger partial charge in [0.25, 0.3) is 0 Å². The molecular weight excluding hydrogens is 348 g/mol. The lowest BCUT2D eigenvalue weighted by Gasteiger charge is -2.32. The van der Waals surface area contributed by atoms with Gasteiger partial charge < -0.3 is 9.47 Å². The van der Waals surface area contributed by atoms with Crippen molar-refractivity contribution in [2.45, 2.75) is 19.1 Å². The van der Waals surface area contributed by atoms with Crippen LogP contribution in [0.4, 0.5) is 8.78 Å². The van der Waals surface area contributed by atoms with E-state index in [0.29, 0.717) is 19.7 Å². The SMILES string of the molecule is COC(=O)CC1CN(Cc2c(F)ccc(Br)c2F)CCO1. The Balaban J connectivity index is 2.03. The first-order valence-corrected chi connectivity index (χ1v) is 7.33. The van der Waals surface area contributed by atoms with E-state index >= 15 is 0 Å². The summed E-state index contributed by atoms with van der Waals surface area (Å²) in [4.78, 5) is 13.1. The Bertz CT molecular complexity index is 527. The second-order valence-corrected chi connectivity index (χ2v) is 5.68. The molecule has 0 aliphatic carbocycles. The molecule has 1 atom stereocenters. The monoisotopic (exact) mass is 363 g/mol. The predicted octanol–water partition coefficient (Wildman–Crippen LogP) is 2.49. The summed E-state index contributed by atoms with van der Waals surface area (Å²) in [6, 6.07) is 2.57. The standard InChI is InChI=1S/C14H16BrF2NO3/c1-20-13(19)6-9-7-18(4-5-21-9)8-10-12(16)3-2-11(15)14(10)17/h2-3,9H,4-8H2,1H3. The molecule has 2 rings (SSSR count). The van der Waals surface area contributed by atoms with E-state index in [1.165, 1.54) is 19.2 Å². The zero-order valence-electron chi connectivity index (χ0n) is 11.6. The van der Waals surface area contributed by atoms with Crippen molar-refractivity contribution in [1.82, 2.24) is 4.90 Å². The number of carbonyl (C=O) groups excluding carboxylic acids is 1. The van der Waals surface area contributed by atoms with E-state index in [1.807, 2.05) is 4.90 Å². The normalized spacial score (nSPS) is 19.5. The molecule has 1 saturated heterocycles. The lowest BCUT2D eigenvalue weighted by molar-refractivity contribution is -0.145. The molecule has 0 amide bonds. The van der Waals surface area contributed by atoms with Crippen molar-refractivity contribution in [3.8, 4) is 0 Å². The fourth-order valence-corrected chi connectivity index (χ4v) is 2.63. The summed E-state index contributed by atoms with van der Waals surface area (Å²) in [5.74, 6) is -1.53. The van der Waals surface area contributed by atoms with Crippen LogP contribution in [0.15, 0.2) is 16.6 Å². The molecule has 1 aromatic rings. The van der Waals surface area contributed by atoms with Crippen molar-refractivity contribution in [3.05, 3.63) is 33.8 Å². The maximum absolute atomic E-state index is 14.0. The van der Waals surface area contributed by atoms with Crippen LogP contribution in [0.1, 0.15) is 12.0 Å². The summed E-state index contributed by atoms with van der Waals surface area (Å²) in [5.41, 5.74) is 0.0168. The zero-order valence-corrected chi connectivity index (χ0v) is 13.2. The number of carbonyl (C=O) groups is 1. The van der Waals surface area contributed by atoms with Crippen molar-refractivity contribution in [1.29, 1.82) is 0 Å². The molecule has 116 valence electrons. The maximum Gasteiger partial charge on any atom is 0.308 e. The van der Waals surface area contributed by atoms with Gasteiger partial charge in [-0.1, -0.05) is 0 Å². The van der Waals surface area contributed by atoms with E-state index in [0.717, 1.165) is 0 Å². The first-order chi connectivity index (χ1) is 10.0. The molecule has 1 aliphatic heterocycles. The van der Waals surface area contributed by atoms with Crippen molar-refractivity contribution >= 4 is 21.9 Å². The minimum absolute atomic E-state index is 0.0168. The fourth-order valence-electron chi connectivity index (χ4n) is 2.25. The first kappa shape index (κ1) is 16.3. The summed E-state index contributed by atoms with van der Waals surface area (Å²) < 4.78 is 38.0. The third-order valence-electron chi connectivity index (χ3n) is 3.37. The second kappa shape index (κ2) is 7.29. The van der Waals surface area contributed by atoms with E-state index in [2.05, 4.69) is 20.7 Å². The molecule has 0 bridgehead atoms. The van der Waals surface area contributed by atoms with E-state index < -0.39 is 11.6 Å². The average molecular weight is 364 g/mol. The highest BCUT2D eigenvalue weighted by Crippen LogP contribution is 2.23. The first-order valence-electron chi connectivity index (χ1n) is 6.54. The molecule has 1 unspecified atom stereocenters. The summed E-state index contributed by atoms with van der Waals surface area (Å²) in [6.45, 7) is 1.54. The van der Waals surface area contributed by atoms with Crippen LogP contribution in [0.25, 0.3) is 0 Å². The van der Waals surface area contributed by atoms with E-state index in [9.17, 15) is 13.6 Å². The molecule has 1 aliphatic rings. The number of nitrogens with zero attached hydrogens (tertiary/aromatic N) is 1. The van der Waals surface area contributed by atoms with Gasteiger partial charge in [-0.15, -0.1) is 0 Å². The van der Waals surface area contributed by atoms with Gasteiger partial charge in [-0.3, -0.25) is 9.69 Å². The third kappa shape index (κ3) is 4.21. The lowest BCUT2D eigenvalue weighted by atomic mass is 10.1. The molecular formula is C14H16BrF2NO3. The Kier molecular flexibility index (Phi) is 5.66. The van der Waals surface area contributed by atoms with Crippen LogP contribution in [0.2, 0.25) is 0 Å². The topological polar surface area (TPSA) is 38.8 Å². The molecule has 0 saturated carbocycles. The second-order valence-electron chi connectivity index (χ2n) is 4.83. The minimum Gasteiger partial charge on any atom is -0.469 e. The molecule has 1 fully saturated rings. The van der Waals surface area contributed by atoms with Crippen LogP contribution in [0, 0.1) is 11.6 Å². The predicted molar refractivity (Wildman–Crippen MR) is 75.7 cm³/mol. The van der Waals surface area contributed by atoms with Gasteiger partial charge in [0, 0.05) is 25.2 Å². The van der Waals surface area contributed by atoms with E-state index in [-0.39, 0.29) is 35.1 Å². The molecule has 4 nitrogen and oxygen atoms in total. The quantitative estimate of drug-likeness (QED) is 0.608. The number of rotatable bonds is 4. The van der Waals surface area contributed by atoms with Crippen LogP contribution in [0.5, 0.6) is 0 Å². The Morgan fingerprint density at radius 3 is 3.00 bits per heavy atom. The van der Waals surface area contributed by atoms with Gasteiger partial charge >= 0.3 is 5.97 Å². The smallest absolute Gasteiger partial charge is 0.308 e. The van der Waals surface area contributed by atoms with Crippen molar-refractivity contribution in [2.24, 2.45) is 0 Å². The van der Waals surface area contributed by atoms with Crippen molar-refractivity contribution in [2.75, 3.05) is 26.8 Å². The Morgan fingerprint density at radius 1 is 1.52 bits per heavy atom. The third-order valence-corrected chi connectivity index (χ3v) is 3.98. The van der Waals surface area contributed by atoms with Crippen LogP contribution in [0.3, 0.4) is 0 Å². The number of esters is 1. The molecule has 1 aromatic carbocycles. The Morgan fingerprint density at radius 2 is 2.29 bits per heavy atom. The van der Waals surface area contributed by atoms with Gasteiger partial charge in [0.15, 0.2) is 0 Å². The number of halogens is 3. The lowest BCUT2D eigenvalue weighted by Crippen LogP contribution is -2.43. The molecule has 1 heterocycles. The van der Waals surface area contributed by atoms with Gasteiger partial charge in [-0.2, -0.15) is 0 Å². The van der Waals surface area contributed by atoms with Crippen LogP contribution in [-0.2, 0) is 20.8 Å². The minimum atomic E-state index is -0.592. The number of methoxy groups -OCH3 is 1. The van der Waals surface area contributed by atoms with Gasteiger partial charge in [0.1, 0.15) is 11.6 Å². The van der Waals surface area contributed by atoms with Gasteiger partial charge in [-0.05, 0) is 28.1 Å². The molecule has 0 radical (unpaired) electrons. The van der Waals surface area contributed by atoms with Crippen LogP contribution in [-0.4, -0.2) is 43.8 Å². The van der Waals surface area contributed by atoms with Crippen LogP contribution >= 0.6 is 15.9 Å². The Labute approximate surface area is 130 Å². The largest absolute Gasteiger partial charge is 0.469 e. The summed E-state index contributed by atoms with van der Waals surface area (Å²) in [6.07, 6.45) is -0.180. The fraction of sp³-hybridized carbons (Fsp3) is 0.500. The van der Waals surface area contributed by atoms with Gasteiger partial charge in [0.2, 0.25) is 0 Å². The summed E-state index contributed by atoms with van der Waals surface area (Å²) in [5, 5.41) is 0. The van der Waals surface area contributed by atoms with Crippen LogP contribution < -0.4 is 0 Å². The molecule has 21 heavy (non-hydrogen) atoms. The molecule has 0 aromatic heterocycles. The zero-order chi connectivity index (χ0) is 15.4. The highest BCUT2D eigenvalue weighted by Gasteiger charge is 2.25. The summed E-state index contributed by atoms with van der Waals surface area (Å²) >= 11 is 3.05. The molecule has 0 N–H and O–H groups in total. The van der Waals surface area contributed by atoms with E-state index in [4.69, 9.17) is 4.74 Å². The van der Waals surface area contributed by atoms with E-state index in [1.54, 1.807) is 0 Å². The highest BCUT2D eigenvalue weighted by molar-refractivity contribution is 9.10. The summed E-state index contributed by atoms with van der Waals surface area (Å²) in [7, 11) is 1.31. The van der Waals surface area contributed by atoms with Gasteiger partial charge in [0.05, 0.1) is 30.7 Å². The highest BCUT2D eigenvalue weighted by atomic mass is 79.9. The van der Waals surface area contributed by atoms with Crippen molar-refractivity contribution in [3.63, 3.8) is 0 Å². The number of morpholine rings is 1. The number of benzene rings is 1. The van der Waals surface area contributed by atoms with Crippen molar-refractivity contribution < 1.29 is 23.0 Å². The maximum atomic E-state index is 14.0.